The molecule has 2 aromatic rings. The molecule has 0 aliphatic heterocycles. The van der Waals surface area contributed by atoms with Crippen molar-refractivity contribution in [3.05, 3.63) is 41.7 Å². The molecule has 1 heterocycles. The van der Waals surface area contributed by atoms with Gasteiger partial charge in [-0.3, -0.25) is 9.40 Å². The normalized spacial score (nSPS) is 11.2. The highest BCUT2D eigenvalue weighted by Gasteiger charge is 2.20. The van der Waals surface area contributed by atoms with Gasteiger partial charge in [-0.1, -0.05) is 6.07 Å². The van der Waals surface area contributed by atoms with Crippen LogP contribution in [0.2, 0.25) is 0 Å². The molecule has 0 fully saturated rings. The molecule has 1 N–H and O–H groups in total. The van der Waals surface area contributed by atoms with Gasteiger partial charge >= 0.3 is 5.97 Å². The summed E-state index contributed by atoms with van der Waals surface area (Å²) in [6.07, 6.45) is 1.28. The van der Waals surface area contributed by atoms with Gasteiger partial charge < -0.3 is 4.74 Å². The van der Waals surface area contributed by atoms with E-state index in [1.165, 1.54) is 16.9 Å². The molecule has 0 amide bonds. The first-order valence-electron chi connectivity index (χ1n) is 6.63. The smallest absolute Gasteiger partial charge is 0.338 e. The Balaban J connectivity index is 2.29. The molecule has 1 aromatic heterocycles. The Labute approximate surface area is 129 Å². The maximum atomic E-state index is 12.4. The van der Waals surface area contributed by atoms with Crippen LogP contribution in [0.3, 0.4) is 0 Å². The standard InChI is InChI=1S/C14H17N3O4S/c1-4-21-14(18)11-6-5-7-12(8-11)16-22(19,20)13-9-15-17(3)10(13)2/h5-9,16H,4H2,1-3H3. The summed E-state index contributed by atoms with van der Waals surface area (Å²) in [6, 6.07) is 6.14. The number of hydrogen-bond acceptors (Lipinski definition) is 5. The lowest BCUT2D eigenvalue weighted by molar-refractivity contribution is 0.0526. The maximum Gasteiger partial charge on any atom is 0.338 e. The van der Waals surface area contributed by atoms with E-state index in [1.807, 2.05) is 0 Å². The lowest BCUT2D eigenvalue weighted by Crippen LogP contribution is -2.14. The van der Waals surface area contributed by atoms with Crippen molar-refractivity contribution in [2.24, 2.45) is 7.05 Å². The number of esters is 1. The van der Waals surface area contributed by atoms with Gasteiger partial charge in [0, 0.05) is 12.7 Å². The van der Waals surface area contributed by atoms with Crippen molar-refractivity contribution < 1.29 is 17.9 Å². The molecule has 22 heavy (non-hydrogen) atoms. The molecule has 0 saturated carbocycles. The molecular formula is C14H17N3O4S. The third-order valence-electron chi connectivity index (χ3n) is 3.11. The van der Waals surface area contributed by atoms with Gasteiger partial charge in [-0.05, 0) is 32.0 Å². The van der Waals surface area contributed by atoms with Crippen molar-refractivity contribution in [3.63, 3.8) is 0 Å². The van der Waals surface area contributed by atoms with Gasteiger partial charge in [-0.15, -0.1) is 0 Å². The Morgan fingerprint density at radius 2 is 2.14 bits per heavy atom. The summed E-state index contributed by atoms with van der Waals surface area (Å²) in [5, 5.41) is 3.92. The zero-order valence-corrected chi connectivity index (χ0v) is 13.3. The fourth-order valence-electron chi connectivity index (χ4n) is 1.88. The Kier molecular flexibility index (Phi) is 4.51. The van der Waals surface area contributed by atoms with Gasteiger partial charge in [-0.2, -0.15) is 5.10 Å². The van der Waals surface area contributed by atoms with Gasteiger partial charge in [0.1, 0.15) is 4.90 Å². The zero-order chi connectivity index (χ0) is 16.3. The summed E-state index contributed by atoms with van der Waals surface area (Å²) in [5.74, 6) is -0.499. The average Bonchev–Trinajstić information content (AvgIpc) is 2.80. The van der Waals surface area contributed by atoms with Crippen LogP contribution in [0.15, 0.2) is 35.4 Å². The average molecular weight is 323 g/mol. The van der Waals surface area contributed by atoms with Crippen molar-refractivity contribution in [2.75, 3.05) is 11.3 Å². The van der Waals surface area contributed by atoms with E-state index >= 15 is 0 Å². The lowest BCUT2D eigenvalue weighted by Gasteiger charge is -2.09. The molecule has 118 valence electrons. The number of aryl methyl sites for hydroxylation is 1. The van der Waals surface area contributed by atoms with Crippen molar-refractivity contribution in [1.29, 1.82) is 0 Å². The number of benzene rings is 1. The third kappa shape index (κ3) is 3.28. The number of nitrogens with zero attached hydrogens (tertiary/aromatic N) is 2. The Bertz CT molecular complexity index is 796. The number of carbonyl (C=O) groups is 1. The number of hydrogen-bond donors (Lipinski definition) is 1. The third-order valence-corrected chi connectivity index (χ3v) is 4.59. The molecule has 7 nitrogen and oxygen atoms in total. The molecule has 0 aliphatic carbocycles. The molecule has 8 heteroatoms. The van der Waals surface area contributed by atoms with E-state index in [1.54, 1.807) is 39.1 Å². The van der Waals surface area contributed by atoms with Gasteiger partial charge in [0.15, 0.2) is 0 Å². The number of rotatable bonds is 5. The molecular weight excluding hydrogens is 306 g/mol. The zero-order valence-electron chi connectivity index (χ0n) is 12.5. The van der Waals surface area contributed by atoms with Crippen LogP contribution in [0.4, 0.5) is 5.69 Å². The van der Waals surface area contributed by atoms with Crippen molar-refractivity contribution in [2.45, 2.75) is 18.7 Å². The van der Waals surface area contributed by atoms with Crippen LogP contribution in [0.5, 0.6) is 0 Å². The Morgan fingerprint density at radius 1 is 1.41 bits per heavy atom. The monoisotopic (exact) mass is 323 g/mol. The number of sulfonamides is 1. The minimum Gasteiger partial charge on any atom is -0.462 e. The van der Waals surface area contributed by atoms with E-state index in [0.29, 0.717) is 5.69 Å². The van der Waals surface area contributed by atoms with Crippen molar-refractivity contribution in [3.8, 4) is 0 Å². The maximum absolute atomic E-state index is 12.4. The molecule has 2 rings (SSSR count). The molecule has 1 aromatic carbocycles. The first-order chi connectivity index (χ1) is 10.3. The summed E-state index contributed by atoms with van der Waals surface area (Å²) in [7, 11) is -2.10. The fraction of sp³-hybridized carbons (Fsp3) is 0.286. The van der Waals surface area contributed by atoms with E-state index in [2.05, 4.69) is 9.82 Å². The molecule has 0 atom stereocenters. The minimum atomic E-state index is -3.76. The van der Waals surface area contributed by atoms with Crippen LogP contribution in [0.1, 0.15) is 23.0 Å². The fourth-order valence-corrected chi connectivity index (χ4v) is 3.13. The summed E-state index contributed by atoms with van der Waals surface area (Å²) in [4.78, 5) is 11.8. The van der Waals surface area contributed by atoms with Crippen LogP contribution in [0.25, 0.3) is 0 Å². The quantitative estimate of drug-likeness (QED) is 0.846. The van der Waals surface area contributed by atoms with E-state index in [4.69, 9.17) is 4.74 Å². The number of anilines is 1. The summed E-state index contributed by atoms with van der Waals surface area (Å²) < 4.78 is 33.5. The second-order valence-corrected chi connectivity index (χ2v) is 6.28. The van der Waals surface area contributed by atoms with Crippen molar-refractivity contribution >= 4 is 21.7 Å². The van der Waals surface area contributed by atoms with Crippen LogP contribution >= 0.6 is 0 Å². The number of ether oxygens (including phenoxy) is 1. The highest BCUT2D eigenvalue weighted by Crippen LogP contribution is 2.19. The number of aromatic nitrogens is 2. The Morgan fingerprint density at radius 3 is 2.73 bits per heavy atom. The van der Waals surface area contributed by atoms with E-state index in [-0.39, 0.29) is 22.8 Å². The molecule has 0 radical (unpaired) electrons. The van der Waals surface area contributed by atoms with Crippen molar-refractivity contribution in [1.82, 2.24) is 9.78 Å². The largest absolute Gasteiger partial charge is 0.462 e. The van der Waals surface area contributed by atoms with Gasteiger partial charge in [0.05, 0.1) is 24.1 Å². The summed E-state index contributed by atoms with van der Waals surface area (Å²) in [6.45, 7) is 3.62. The molecule has 0 aliphatic rings. The topological polar surface area (TPSA) is 90.3 Å². The van der Waals surface area contributed by atoms with E-state index in [0.717, 1.165) is 0 Å². The van der Waals surface area contributed by atoms with E-state index in [9.17, 15) is 13.2 Å². The SMILES string of the molecule is CCOC(=O)c1cccc(NS(=O)(=O)c2cnn(C)c2C)c1. The van der Waals surface area contributed by atoms with E-state index < -0.39 is 16.0 Å². The van der Waals surface area contributed by atoms with Gasteiger partial charge in [-0.25, -0.2) is 13.2 Å². The second kappa shape index (κ2) is 6.18. The minimum absolute atomic E-state index is 0.0940. The Hall–Kier alpha value is -2.35. The number of nitrogens with one attached hydrogen (secondary N) is 1. The van der Waals surface area contributed by atoms with Crippen LogP contribution in [0, 0.1) is 6.92 Å². The summed E-state index contributed by atoms with van der Waals surface area (Å²) in [5.41, 5.74) is 1.09. The predicted octanol–water partition coefficient (Wildman–Crippen LogP) is 1.71. The van der Waals surface area contributed by atoms with Gasteiger partial charge in [0.2, 0.25) is 0 Å². The molecule has 0 bridgehead atoms. The number of carbonyl (C=O) groups excluding carboxylic acids is 1. The first-order valence-corrected chi connectivity index (χ1v) is 8.12. The molecule has 0 saturated heterocycles. The van der Waals surface area contributed by atoms with Crippen LogP contribution in [-0.4, -0.2) is 30.8 Å². The van der Waals surface area contributed by atoms with Crippen LogP contribution in [-0.2, 0) is 21.8 Å². The lowest BCUT2D eigenvalue weighted by atomic mass is 10.2. The molecule has 0 spiro atoms. The summed E-state index contributed by atoms with van der Waals surface area (Å²) >= 11 is 0. The van der Waals surface area contributed by atoms with Crippen LogP contribution < -0.4 is 4.72 Å². The second-order valence-electron chi connectivity index (χ2n) is 4.62. The first kappa shape index (κ1) is 16.0. The molecule has 0 unspecified atom stereocenters. The predicted molar refractivity (Wildman–Crippen MR) is 81.2 cm³/mol. The highest BCUT2D eigenvalue weighted by atomic mass is 32.2. The highest BCUT2D eigenvalue weighted by molar-refractivity contribution is 7.92. The van der Waals surface area contributed by atoms with Gasteiger partial charge in [0.25, 0.3) is 10.0 Å².